The zero-order valence-corrected chi connectivity index (χ0v) is 12.0. The summed E-state index contributed by atoms with van der Waals surface area (Å²) in [5, 5.41) is 13.6. The van der Waals surface area contributed by atoms with Gasteiger partial charge in [0.1, 0.15) is 11.4 Å². The second kappa shape index (κ2) is 7.19. The van der Waals surface area contributed by atoms with Gasteiger partial charge in [0.15, 0.2) is 0 Å². The highest BCUT2D eigenvalue weighted by molar-refractivity contribution is 6.17. The Hall–Kier alpha value is -1.69. The van der Waals surface area contributed by atoms with E-state index in [0.29, 0.717) is 12.3 Å². The van der Waals surface area contributed by atoms with Gasteiger partial charge in [-0.15, -0.1) is 11.6 Å². The van der Waals surface area contributed by atoms with E-state index in [9.17, 15) is 19.3 Å². The van der Waals surface area contributed by atoms with E-state index >= 15 is 0 Å². The van der Waals surface area contributed by atoms with E-state index in [1.54, 1.807) is 0 Å². The van der Waals surface area contributed by atoms with Crippen LogP contribution in [0.15, 0.2) is 18.2 Å². The fraction of sp³-hybridized carbons (Fsp3) is 0.462. The van der Waals surface area contributed by atoms with Crippen molar-refractivity contribution in [1.29, 1.82) is 0 Å². The molecule has 0 aliphatic rings. The highest BCUT2D eigenvalue weighted by Crippen LogP contribution is 2.20. The molecule has 1 amide bonds. The number of alkyl halides is 1. The average Bonchev–Trinajstić information content (AvgIpc) is 2.37. The minimum atomic E-state index is -0.774. The molecule has 0 fully saturated rings. The molecule has 1 aromatic carbocycles. The van der Waals surface area contributed by atoms with E-state index < -0.39 is 22.3 Å². The van der Waals surface area contributed by atoms with Gasteiger partial charge in [-0.1, -0.05) is 13.8 Å². The summed E-state index contributed by atoms with van der Waals surface area (Å²) in [5.74, 6) is -0.846. The van der Waals surface area contributed by atoms with Crippen LogP contribution in [0.5, 0.6) is 0 Å². The summed E-state index contributed by atoms with van der Waals surface area (Å²) in [6.07, 6.45) is 0.556. The number of nitro groups is 1. The Kier molecular flexibility index (Phi) is 5.88. The van der Waals surface area contributed by atoms with Gasteiger partial charge in [-0.2, -0.15) is 0 Å². The normalized spacial score (nSPS) is 12.2. The van der Waals surface area contributed by atoms with E-state index in [4.69, 9.17) is 11.6 Å². The largest absolute Gasteiger partial charge is 0.349 e. The summed E-state index contributed by atoms with van der Waals surface area (Å²) in [6.45, 7) is 3.83. The Balaban J connectivity index is 3.00. The van der Waals surface area contributed by atoms with Gasteiger partial charge in [0, 0.05) is 11.9 Å². The van der Waals surface area contributed by atoms with Gasteiger partial charge in [0.2, 0.25) is 0 Å². The highest BCUT2D eigenvalue weighted by atomic mass is 35.5. The first kappa shape index (κ1) is 16.4. The quantitative estimate of drug-likeness (QED) is 0.498. The van der Waals surface area contributed by atoms with Crippen molar-refractivity contribution in [3.05, 3.63) is 39.7 Å². The molecule has 0 heterocycles. The van der Waals surface area contributed by atoms with Crippen LogP contribution in [0.1, 0.15) is 30.6 Å². The molecule has 7 heteroatoms. The number of nitro benzene ring substituents is 1. The first-order valence-corrected chi connectivity index (χ1v) is 6.71. The Labute approximate surface area is 121 Å². The van der Waals surface area contributed by atoms with Crippen LogP contribution in [0.25, 0.3) is 0 Å². The van der Waals surface area contributed by atoms with Crippen molar-refractivity contribution >= 4 is 23.2 Å². The predicted octanol–water partition coefficient (Wildman–Crippen LogP) is 3.12. The van der Waals surface area contributed by atoms with Crippen LogP contribution in [0.4, 0.5) is 10.1 Å². The summed E-state index contributed by atoms with van der Waals surface area (Å²) in [5.41, 5.74) is -0.701. The van der Waals surface area contributed by atoms with Gasteiger partial charge < -0.3 is 5.32 Å². The number of nitrogens with one attached hydrogen (secondary N) is 1. The fourth-order valence-electron chi connectivity index (χ4n) is 1.78. The van der Waals surface area contributed by atoms with Crippen LogP contribution in [-0.4, -0.2) is 22.8 Å². The molecule has 0 bridgehead atoms. The number of carbonyl (C=O) groups is 1. The molecule has 5 nitrogen and oxygen atoms in total. The Bertz CT molecular complexity index is 508. The average molecular weight is 303 g/mol. The molecular weight excluding hydrogens is 287 g/mol. The van der Waals surface area contributed by atoms with Gasteiger partial charge >= 0.3 is 0 Å². The molecular formula is C13H16ClFN2O3. The minimum absolute atomic E-state index is 0.136. The first-order valence-electron chi connectivity index (χ1n) is 6.17. The zero-order valence-electron chi connectivity index (χ0n) is 11.2. The summed E-state index contributed by atoms with van der Waals surface area (Å²) < 4.78 is 13.0. The number of halogens is 2. The maximum atomic E-state index is 13.0. The third-order valence-corrected chi connectivity index (χ3v) is 3.16. The van der Waals surface area contributed by atoms with Gasteiger partial charge in [-0.3, -0.25) is 14.9 Å². The lowest BCUT2D eigenvalue weighted by molar-refractivity contribution is -0.385. The summed E-state index contributed by atoms with van der Waals surface area (Å²) in [4.78, 5) is 22.2. The lowest BCUT2D eigenvalue weighted by Crippen LogP contribution is -2.39. The Morgan fingerprint density at radius 1 is 1.50 bits per heavy atom. The van der Waals surface area contributed by atoms with Crippen LogP contribution in [0.2, 0.25) is 0 Å². The third kappa shape index (κ3) is 4.16. The Morgan fingerprint density at radius 2 is 2.15 bits per heavy atom. The van der Waals surface area contributed by atoms with Crippen molar-refractivity contribution < 1.29 is 14.1 Å². The molecule has 1 rings (SSSR count). The van der Waals surface area contributed by atoms with E-state index in [0.717, 1.165) is 18.2 Å². The summed E-state index contributed by atoms with van der Waals surface area (Å²) in [7, 11) is 0. The topological polar surface area (TPSA) is 72.2 Å². The maximum Gasteiger partial charge on any atom is 0.285 e. The van der Waals surface area contributed by atoms with Gasteiger partial charge in [0.05, 0.1) is 11.0 Å². The molecule has 0 radical (unpaired) electrons. The molecule has 1 unspecified atom stereocenters. The minimum Gasteiger partial charge on any atom is -0.349 e. The molecule has 1 aromatic rings. The summed E-state index contributed by atoms with van der Waals surface area (Å²) >= 11 is 5.66. The van der Waals surface area contributed by atoms with E-state index in [1.165, 1.54) is 0 Å². The van der Waals surface area contributed by atoms with Crippen molar-refractivity contribution in [2.24, 2.45) is 5.92 Å². The molecule has 0 aliphatic heterocycles. The molecule has 0 aromatic heterocycles. The molecule has 0 aliphatic carbocycles. The molecule has 1 atom stereocenters. The maximum absolute atomic E-state index is 13.0. The number of carbonyl (C=O) groups excluding carboxylic acids is 1. The van der Waals surface area contributed by atoms with E-state index in [1.807, 2.05) is 13.8 Å². The standard InChI is InChI=1S/C13H16ClFN2O3/c1-8(2)11(5-6-14)16-13(18)10-4-3-9(15)7-12(10)17(19)20/h3-4,7-8,11H,5-6H2,1-2H3,(H,16,18). The number of hydrogen-bond acceptors (Lipinski definition) is 3. The first-order chi connectivity index (χ1) is 9.36. The van der Waals surface area contributed by atoms with Gasteiger partial charge in [0.25, 0.3) is 11.6 Å². The second-order valence-corrected chi connectivity index (χ2v) is 5.10. The zero-order chi connectivity index (χ0) is 15.3. The SMILES string of the molecule is CC(C)C(CCCl)NC(=O)c1ccc(F)cc1[N+](=O)[O-]. The van der Waals surface area contributed by atoms with Gasteiger partial charge in [-0.05, 0) is 24.5 Å². The summed E-state index contributed by atoms with van der Waals surface area (Å²) in [6, 6.07) is 2.68. The molecule has 20 heavy (non-hydrogen) atoms. The van der Waals surface area contributed by atoms with Crippen LogP contribution in [0.3, 0.4) is 0 Å². The Morgan fingerprint density at radius 3 is 2.65 bits per heavy atom. The molecule has 110 valence electrons. The molecule has 1 N–H and O–H groups in total. The van der Waals surface area contributed by atoms with Crippen molar-refractivity contribution in [3.63, 3.8) is 0 Å². The number of nitrogens with zero attached hydrogens (tertiary/aromatic N) is 1. The molecule has 0 saturated heterocycles. The van der Waals surface area contributed by atoms with Crippen LogP contribution < -0.4 is 5.32 Å². The molecule has 0 saturated carbocycles. The predicted molar refractivity (Wildman–Crippen MR) is 74.5 cm³/mol. The number of hydrogen-bond donors (Lipinski definition) is 1. The highest BCUT2D eigenvalue weighted by Gasteiger charge is 2.24. The van der Waals surface area contributed by atoms with Crippen molar-refractivity contribution in [3.8, 4) is 0 Å². The third-order valence-electron chi connectivity index (χ3n) is 2.94. The van der Waals surface area contributed by atoms with Gasteiger partial charge in [-0.25, -0.2) is 4.39 Å². The van der Waals surface area contributed by atoms with E-state index in [2.05, 4.69) is 5.32 Å². The second-order valence-electron chi connectivity index (χ2n) is 4.72. The van der Waals surface area contributed by atoms with Crippen molar-refractivity contribution in [2.45, 2.75) is 26.3 Å². The lowest BCUT2D eigenvalue weighted by Gasteiger charge is -2.21. The molecule has 0 spiro atoms. The number of rotatable bonds is 6. The van der Waals surface area contributed by atoms with Crippen molar-refractivity contribution in [1.82, 2.24) is 5.32 Å². The van der Waals surface area contributed by atoms with Crippen molar-refractivity contribution in [2.75, 3.05) is 5.88 Å². The van der Waals surface area contributed by atoms with Crippen LogP contribution >= 0.6 is 11.6 Å². The fourth-order valence-corrected chi connectivity index (χ4v) is 2.02. The van der Waals surface area contributed by atoms with Crippen LogP contribution in [-0.2, 0) is 0 Å². The van der Waals surface area contributed by atoms with E-state index in [-0.39, 0.29) is 17.5 Å². The smallest absolute Gasteiger partial charge is 0.285 e. The lowest BCUT2D eigenvalue weighted by atomic mass is 10.0. The van der Waals surface area contributed by atoms with Crippen LogP contribution in [0, 0.1) is 21.8 Å². The number of amides is 1. The number of benzene rings is 1. The monoisotopic (exact) mass is 302 g/mol.